The molecule has 5 nitrogen and oxygen atoms in total. The van der Waals surface area contributed by atoms with Crippen molar-refractivity contribution in [2.75, 3.05) is 6.61 Å². The molecule has 122 valence electrons. The van der Waals surface area contributed by atoms with E-state index in [1.54, 1.807) is 38.3 Å². The average molecular weight is 337 g/mol. The van der Waals surface area contributed by atoms with E-state index >= 15 is 0 Å². The first kappa shape index (κ1) is 15.9. The predicted octanol–water partition coefficient (Wildman–Crippen LogP) is 3.69. The van der Waals surface area contributed by atoms with Crippen molar-refractivity contribution < 1.29 is 18.7 Å². The Morgan fingerprint density at radius 1 is 1.26 bits per heavy atom. The van der Waals surface area contributed by atoms with Gasteiger partial charge in [0.15, 0.2) is 0 Å². The van der Waals surface area contributed by atoms with Crippen LogP contribution >= 0.6 is 11.6 Å². The summed E-state index contributed by atoms with van der Waals surface area (Å²) in [5.41, 5.74) is 0.530. The van der Waals surface area contributed by atoms with Crippen LogP contribution in [0.1, 0.15) is 20.3 Å². The van der Waals surface area contributed by atoms with Gasteiger partial charge in [-0.2, -0.15) is 0 Å². The van der Waals surface area contributed by atoms with Crippen molar-refractivity contribution in [3.05, 3.63) is 40.9 Å². The summed E-state index contributed by atoms with van der Waals surface area (Å²) in [7, 11) is 0. The third kappa shape index (κ3) is 3.21. The summed E-state index contributed by atoms with van der Waals surface area (Å²) >= 11 is 6.09. The largest absolute Gasteiger partial charge is 0.492 e. The predicted molar refractivity (Wildman–Crippen MR) is 88.3 cm³/mol. The molecule has 0 aliphatic rings. The zero-order valence-corrected chi connectivity index (χ0v) is 13.6. The van der Waals surface area contributed by atoms with Crippen LogP contribution < -0.4 is 10.4 Å². The van der Waals surface area contributed by atoms with Crippen LogP contribution in [0.5, 0.6) is 5.75 Å². The minimum Gasteiger partial charge on any atom is -0.492 e. The number of aliphatic hydroxyl groups excluding tert-OH is 1. The number of rotatable bonds is 5. The van der Waals surface area contributed by atoms with Crippen LogP contribution in [0.2, 0.25) is 0 Å². The van der Waals surface area contributed by atoms with Gasteiger partial charge in [0, 0.05) is 18.6 Å². The fourth-order valence-corrected chi connectivity index (χ4v) is 2.49. The van der Waals surface area contributed by atoms with Crippen LogP contribution in [-0.4, -0.2) is 22.7 Å². The fraction of sp³-hybridized carbons (Fsp3) is 0.353. The van der Waals surface area contributed by atoms with E-state index in [9.17, 15) is 9.90 Å². The van der Waals surface area contributed by atoms with Crippen molar-refractivity contribution in [3.8, 4) is 5.75 Å². The molecule has 0 saturated heterocycles. The first-order chi connectivity index (χ1) is 10.9. The number of hydrogen-bond donors (Lipinski definition) is 1. The first-order valence-electron chi connectivity index (χ1n) is 7.30. The van der Waals surface area contributed by atoms with Crippen LogP contribution in [0, 0.1) is 0 Å². The number of fused-ring (bicyclic) bond motifs is 2. The summed E-state index contributed by atoms with van der Waals surface area (Å²) in [6.07, 6.45) is 1.23. The second-order valence-corrected chi connectivity index (χ2v) is 6.90. The van der Waals surface area contributed by atoms with Crippen LogP contribution in [0.15, 0.2) is 44.2 Å². The molecule has 0 radical (unpaired) electrons. The maximum absolute atomic E-state index is 11.4. The molecule has 0 bridgehead atoms. The number of aliphatic hydroxyl groups is 1. The summed E-state index contributed by atoms with van der Waals surface area (Å²) in [5.74, 6) is 0.564. The molecule has 0 spiro atoms. The molecular weight excluding hydrogens is 320 g/mol. The Hall–Kier alpha value is -1.98. The second kappa shape index (κ2) is 5.91. The molecule has 0 aliphatic heterocycles. The van der Waals surface area contributed by atoms with E-state index in [1.165, 1.54) is 6.07 Å². The van der Waals surface area contributed by atoms with Gasteiger partial charge in [0.1, 0.15) is 16.9 Å². The van der Waals surface area contributed by atoms with E-state index in [2.05, 4.69) is 0 Å². The van der Waals surface area contributed by atoms with Gasteiger partial charge in [-0.25, -0.2) is 4.79 Å². The number of hydrogen-bond acceptors (Lipinski definition) is 5. The molecule has 6 heteroatoms. The molecule has 1 atom stereocenters. The molecule has 3 aromatic rings. The second-order valence-electron chi connectivity index (χ2n) is 5.92. The van der Waals surface area contributed by atoms with Crippen molar-refractivity contribution in [2.24, 2.45) is 0 Å². The van der Waals surface area contributed by atoms with Gasteiger partial charge in [0.05, 0.1) is 34.6 Å². The molecule has 2 aromatic heterocycles. The standard InChI is InChI=1S/C17H17ClO5/c1-17(2,18)14(19)6-8-22-16-10-3-4-15(20)23-13(10)9-12-11(16)5-7-21-12/h3-5,7,9,14,19H,6,8H2,1-2H3. The highest BCUT2D eigenvalue weighted by Gasteiger charge is 2.24. The Balaban J connectivity index is 1.94. The van der Waals surface area contributed by atoms with Crippen molar-refractivity contribution in [2.45, 2.75) is 31.2 Å². The van der Waals surface area contributed by atoms with Crippen molar-refractivity contribution in [1.29, 1.82) is 0 Å². The Morgan fingerprint density at radius 2 is 2.00 bits per heavy atom. The number of alkyl halides is 1. The maximum Gasteiger partial charge on any atom is 0.336 e. The smallest absolute Gasteiger partial charge is 0.336 e. The molecule has 23 heavy (non-hydrogen) atoms. The summed E-state index contributed by atoms with van der Waals surface area (Å²) in [6.45, 7) is 3.77. The van der Waals surface area contributed by atoms with Gasteiger partial charge >= 0.3 is 5.63 Å². The SMILES string of the molecule is CC(C)(Cl)C(O)CCOc1c2ccoc2cc2oc(=O)ccc12. The molecule has 0 amide bonds. The van der Waals surface area contributed by atoms with Gasteiger partial charge < -0.3 is 18.7 Å². The number of ether oxygens (including phenoxy) is 1. The zero-order chi connectivity index (χ0) is 16.6. The highest BCUT2D eigenvalue weighted by atomic mass is 35.5. The third-order valence-corrected chi connectivity index (χ3v) is 3.99. The maximum atomic E-state index is 11.4. The van der Waals surface area contributed by atoms with Crippen LogP contribution in [0.25, 0.3) is 21.9 Å². The topological polar surface area (TPSA) is 72.8 Å². The Kier molecular flexibility index (Phi) is 4.08. The summed E-state index contributed by atoms with van der Waals surface area (Å²) in [5, 5.41) is 11.5. The van der Waals surface area contributed by atoms with E-state index in [-0.39, 0.29) is 6.61 Å². The van der Waals surface area contributed by atoms with E-state index in [0.717, 1.165) is 5.39 Å². The lowest BCUT2D eigenvalue weighted by atomic mass is 10.0. The van der Waals surface area contributed by atoms with Crippen molar-refractivity contribution >= 4 is 33.5 Å². The minimum absolute atomic E-state index is 0.274. The lowest BCUT2D eigenvalue weighted by Crippen LogP contribution is -2.31. The molecular formula is C17H17ClO5. The monoisotopic (exact) mass is 336 g/mol. The summed E-state index contributed by atoms with van der Waals surface area (Å²) in [6, 6.07) is 6.45. The highest BCUT2D eigenvalue weighted by molar-refractivity contribution is 6.23. The average Bonchev–Trinajstić information content (AvgIpc) is 2.93. The van der Waals surface area contributed by atoms with Gasteiger partial charge in [-0.1, -0.05) is 0 Å². The minimum atomic E-state index is -0.722. The summed E-state index contributed by atoms with van der Waals surface area (Å²) < 4.78 is 16.4. The molecule has 3 rings (SSSR count). The van der Waals surface area contributed by atoms with Gasteiger partial charge in [0.25, 0.3) is 0 Å². The molecule has 0 aliphatic carbocycles. The van der Waals surface area contributed by atoms with Gasteiger partial charge in [-0.3, -0.25) is 0 Å². The van der Waals surface area contributed by atoms with Crippen LogP contribution in [0.4, 0.5) is 0 Å². The lowest BCUT2D eigenvalue weighted by molar-refractivity contribution is 0.110. The molecule has 1 aromatic carbocycles. The van der Waals surface area contributed by atoms with E-state index in [0.29, 0.717) is 28.7 Å². The molecule has 0 saturated carbocycles. The molecule has 2 heterocycles. The normalized spacial score (nSPS) is 13.6. The Labute approximate surface area is 137 Å². The van der Waals surface area contributed by atoms with Gasteiger partial charge in [0.2, 0.25) is 0 Å². The van der Waals surface area contributed by atoms with Crippen LogP contribution in [0.3, 0.4) is 0 Å². The molecule has 1 N–H and O–H groups in total. The summed E-state index contributed by atoms with van der Waals surface area (Å²) in [4.78, 5) is 10.7. The fourth-order valence-electron chi connectivity index (χ4n) is 2.38. The van der Waals surface area contributed by atoms with E-state index < -0.39 is 16.6 Å². The van der Waals surface area contributed by atoms with E-state index in [4.69, 9.17) is 25.2 Å². The Bertz CT molecular complexity index is 887. The number of furan rings is 1. The van der Waals surface area contributed by atoms with Crippen LogP contribution in [-0.2, 0) is 0 Å². The molecule has 0 fully saturated rings. The quantitative estimate of drug-likeness (QED) is 0.568. The van der Waals surface area contributed by atoms with E-state index in [1.807, 2.05) is 0 Å². The third-order valence-electron chi connectivity index (χ3n) is 3.74. The lowest BCUT2D eigenvalue weighted by Gasteiger charge is -2.23. The number of benzene rings is 1. The van der Waals surface area contributed by atoms with Crippen molar-refractivity contribution in [3.63, 3.8) is 0 Å². The zero-order valence-electron chi connectivity index (χ0n) is 12.8. The van der Waals surface area contributed by atoms with Gasteiger partial charge in [-0.15, -0.1) is 11.6 Å². The van der Waals surface area contributed by atoms with Gasteiger partial charge in [-0.05, 0) is 26.0 Å². The highest BCUT2D eigenvalue weighted by Crippen LogP contribution is 2.35. The Morgan fingerprint density at radius 3 is 2.74 bits per heavy atom. The van der Waals surface area contributed by atoms with Crippen molar-refractivity contribution in [1.82, 2.24) is 0 Å². The molecule has 1 unspecified atom stereocenters. The number of halogens is 1. The first-order valence-corrected chi connectivity index (χ1v) is 7.68.